The molecule has 1 N–H and O–H groups in total. The van der Waals surface area contributed by atoms with Crippen molar-refractivity contribution in [2.24, 2.45) is 0 Å². The first kappa shape index (κ1) is 10.9. The minimum Gasteiger partial charge on any atom is -0.391 e. The SMILES string of the molecule is N#CC1CCCCN1C1CCCCC1O. The fraction of sp³-hybridized carbons (Fsp3) is 0.917. The Morgan fingerprint density at radius 3 is 2.53 bits per heavy atom. The summed E-state index contributed by atoms with van der Waals surface area (Å²) in [6, 6.07) is 2.69. The monoisotopic (exact) mass is 208 g/mol. The van der Waals surface area contributed by atoms with Crippen molar-refractivity contribution in [2.45, 2.75) is 63.1 Å². The fourth-order valence-corrected chi connectivity index (χ4v) is 2.97. The number of rotatable bonds is 1. The van der Waals surface area contributed by atoms with Gasteiger partial charge in [-0.2, -0.15) is 5.26 Å². The maximum Gasteiger partial charge on any atom is 0.0981 e. The summed E-state index contributed by atoms with van der Waals surface area (Å²) in [7, 11) is 0. The molecule has 3 atom stereocenters. The van der Waals surface area contributed by atoms with Crippen LogP contribution >= 0.6 is 0 Å². The maximum atomic E-state index is 9.98. The van der Waals surface area contributed by atoms with Crippen molar-refractivity contribution in [3.63, 3.8) is 0 Å². The Bertz CT molecular complexity index is 248. The van der Waals surface area contributed by atoms with Crippen LogP contribution in [0.15, 0.2) is 0 Å². The molecule has 1 aliphatic heterocycles. The molecule has 0 radical (unpaired) electrons. The lowest BCUT2D eigenvalue weighted by atomic mass is 9.88. The molecule has 0 aromatic rings. The molecule has 1 heterocycles. The number of aliphatic hydroxyl groups excluding tert-OH is 1. The van der Waals surface area contributed by atoms with E-state index < -0.39 is 0 Å². The minimum atomic E-state index is -0.201. The summed E-state index contributed by atoms with van der Waals surface area (Å²) in [5.41, 5.74) is 0. The molecule has 0 aromatic heterocycles. The molecule has 2 fully saturated rings. The van der Waals surface area contributed by atoms with Crippen molar-refractivity contribution < 1.29 is 5.11 Å². The summed E-state index contributed by atoms with van der Waals surface area (Å²) in [5, 5.41) is 19.1. The number of hydrogen-bond acceptors (Lipinski definition) is 3. The van der Waals surface area contributed by atoms with Gasteiger partial charge >= 0.3 is 0 Å². The standard InChI is InChI=1S/C12H20N2O/c13-9-10-5-3-4-8-14(10)11-6-1-2-7-12(11)15/h10-12,15H,1-8H2. The molecule has 1 saturated heterocycles. The van der Waals surface area contributed by atoms with Crippen LogP contribution in [-0.2, 0) is 0 Å². The average molecular weight is 208 g/mol. The number of hydrogen-bond donors (Lipinski definition) is 1. The van der Waals surface area contributed by atoms with E-state index in [0.29, 0.717) is 0 Å². The molecule has 3 nitrogen and oxygen atoms in total. The largest absolute Gasteiger partial charge is 0.391 e. The van der Waals surface area contributed by atoms with Crippen LogP contribution in [0.5, 0.6) is 0 Å². The Morgan fingerprint density at radius 2 is 1.80 bits per heavy atom. The first-order chi connectivity index (χ1) is 7.33. The Labute approximate surface area is 91.7 Å². The highest BCUT2D eigenvalue weighted by atomic mass is 16.3. The van der Waals surface area contributed by atoms with Gasteiger partial charge in [0.05, 0.1) is 18.2 Å². The Kier molecular flexibility index (Phi) is 3.61. The lowest BCUT2D eigenvalue weighted by Gasteiger charge is -2.42. The Morgan fingerprint density at radius 1 is 1.07 bits per heavy atom. The predicted molar refractivity (Wildman–Crippen MR) is 58.2 cm³/mol. The van der Waals surface area contributed by atoms with Crippen molar-refractivity contribution in [3.05, 3.63) is 0 Å². The molecule has 2 rings (SSSR count). The normalized spacial score (nSPS) is 38.5. The average Bonchev–Trinajstić information content (AvgIpc) is 2.30. The first-order valence-corrected chi connectivity index (χ1v) is 6.16. The third-order valence-corrected chi connectivity index (χ3v) is 3.81. The molecule has 0 bridgehead atoms. The summed E-state index contributed by atoms with van der Waals surface area (Å²) < 4.78 is 0. The van der Waals surface area contributed by atoms with Gasteiger partial charge in [0.15, 0.2) is 0 Å². The second-order valence-corrected chi connectivity index (χ2v) is 4.80. The van der Waals surface area contributed by atoms with Gasteiger partial charge in [0, 0.05) is 6.04 Å². The molecule has 0 spiro atoms. The topological polar surface area (TPSA) is 47.3 Å². The highest BCUT2D eigenvalue weighted by Gasteiger charge is 2.34. The molecule has 1 saturated carbocycles. The fourth-order valence-electron chi connectivity index (χ4n) is 2.97. The Balaban J connectivity index is 2.03. The number of aliphatic hydroxyl groups is 1. The number of nitrogens with zero attached hydrogens (tertiary/aromatic N) is 2. The maximum absolute atomic E-state index is 9.98. The van der Waals surface area contributed by atoms with E-state index >= 15 is 0 Å². The quantitative estimate of drug-likeness (QED) is 0.713. The molecule has 0 amide bonds. The molecule has 2 aliphatic rings. The summed E-state index contributed by atoms with van der Waals surface area (Å²) in [4.78, 5) is 2.26. The highest BCUT2D eigenvalue weighted by molar-refractivity contribution is 4.98. The smallest absolute Gasteiger partial charge is 0.0981 e. The van der Waals surface area contributed by atoms with Gasteiger partial charge in [-0.15, -0.1) is 0 Å². The zero-order chi connectivity index (χ0) is 10.7. The highest BCUT2D eigenvalue weighted by Crippen LogP contribution is 2.28. The number of nitriles is 1. The van der Waals surface area contributed by atoms with Gasteiger partial charge in [-0.05, 0) is 38.6 Å². The molecule has 3 unspecified atom stereocenters. The van der Waals surface area contributed by atoms with Gasteiger partial charge in [-0.1, -0.05) is 12.8 Å². The molecular formula is C12H20N2O. The second kappa shape index (κ2) is 4.96. The van der Waals surface area contributed by atoms with E-state index in [-0.39, 0.29) is 18.2 Å². The van der Waals surface area contributed by atoms with Crippen molar-refractivity contribution in [3.8, 4) is 6.07 Å². The molecule has 0 aromatic carbocycles. The van der Waals surface area contributed by atoms with Crippen LogP contribution in [0.25, 0.3) is 0 Å². The van der Waals surface area contributed by atoms with Crippen molar-refractivity contribution >= 4 is 0 Å². The summed E-state index contributed by atoms with van der Waals surface area (Å²) >= 11 is 0. The predicted octanol–water partition coefficient (Wildman–Crippen LogP) is 1.67. The van der Waals surface area contributed by atoms with Gasteiger partial charge in [0.2, 0.25) is 0 Å². The van der Waals surface area contributed by atoms with Gasteiger partial charge in [0.25, 0.3) is 0 Å². The van der Waals surface area contributed by atoms with Gasteiger partial charge < -0.3 is 5.11 Å². The lowest BCUT2D eigenvalue weighted by molar-refractivity contribution is -0.00258. The van der Waals surface area contributed by atoms with Crippen LogP contribution in [0.1, 0.15) is 44.9 Å². The number of likely N-dealkylation sites (tertiary alicyclic amines) is 1. The van der Waals surface area contributed by atoms with Crippen LogP contribution in [0, 0.1) is 11.3 Å². The van der Waals surface area contributed by atoms with E-state index in [9.17, 15) is 5.11 Å². The van der Waals surface area contributed by atoms with Crippen molar-refractivity contribution in [2.75, 3.05) is 6.54 Å². The summed E-state index contributed by atoms with van der Waals surface area (Å²) in [6.07, 6.45) is 7.46. The lowest BCUT2D eigenvalue weighted by Crippen LogP contribution is -2.51. The first-order valence-electron chi connectivity index (χ1n) is 6.16. The van der Waals surface area contributed by atoms with Crippen LogP contribution < -0.4 is 0 Å². The summed E-state index contributed by atoms with van der Waals surface area (Å²) in [6.45, 7) is 1.000. The molecular weight excluding hydrogens is 188 g/mol. The second-order valence-electron chi connectivity index (χ2n) is 4.80. The van der Waals surface area contributed by atoms with Crippen LogP contribution in [0.3, 0.4) is 0 Å². The third-order valence-electron chi connectivity index (χ3n) is 3.81. The van der Waals surface area contributed by atoms with E-state index in [4.69, 9.17) is 5.26 Å². The van der Waals surface area contributed by atoms with Crippen molar-refractivity contribution in [1.82, 2.24) is 4.90 Å². The van der Waals surface area contributed by atoms with Crippen LogP contribution in [-0.4, -0.2) is 34.7 Å². The van der Waals surface area contributed by atoms with E-state index in [1.54, 1.807) is 0 Å². The molecule has 15 heavy (non-hydrogen) atoms. The van der Waals surface area contributed by atoms with Gasteiger partial charge in [-0.25, -0.2) is 0 Å². The zero-order valence-electron chi connectivity index (χ0n) is 9.23. The Hall–Kier alpha value is -0.590. The van der Waals surface area contributed by atoms with E-state index in [2.05, 4.69) is 11.0 Å². The third kappa shape index (κ3) is 2.32. The number of piperidine rings is 1. The van der Waals surface area contributed by atoms with E-state index in [0.717, 1.165) is 38.6 Å². The van der Waals surface area contributed by atoms with Gasteiger partial charge in [0.1, 0.15) is 0 Å². The van der Waals surface area contributed by atoms with Crippen molar-refractivity contribution in [1.29, 1.82) is 5.26 Å². The minimum absolute atomic E-state index is 0.0523. The molecule has 3 heteroatoms. The van der Waals surface area contributed by atoms with E-state index in [1.807, 2.05) is 0 Å². The van der Waals surface area contributed by atoms with Gasteiger partial charge in [-0.3, -0.25) is 4.90 Å². The summed E-state index contributed by atoms with van der Waals surface area (Å²) in [5.74, 6) is 0. The molecule has 1 aliphatic carbocycles. The van der Waals surface area contributed by atoms with Crippen LogP contribution in [0.4, 0.5) is 0 Å². The zero-order valence-corrected chi connectivity index (χ0v) is 9.23. The van der Waals surface area contributed by atoms with E-state index in [1.165, 1.54) is 12.8 Å². The molecule has 84 valence electrons. The van der Waals surface area contributed by atoms with Crippen LogP contribution in [0.2, 0.25) is 0 Å².